The molecule has 0 radical (unpaired) electrons. The van der Waals surface area contributed by atoms with E-state index in [0.29, 0.717) is 0 Å². The Labute approximate surface area is 175 Å². The number of nitrogens with zero attached hydrogens (tertiary/aromatic N) is 3. The molecule has 2 unspecified atom stereocenters. The predicted molar refractivity (Wildman–Crippen MR) is 108 cm³/mol. The molecule has 0 bridgehead atoms. The molecule has 8 heteroatoms. The molecule has 0 fully saturated rings. The number of hydrogen-bond acceptors (Lipinski definition) is 5. The van der Waals surface area contributed by atoms with E-state index in [1.165, 1.54) is 9.47 Å². The van der Waals surface area contributed by atoms with Crippen LogP contribution >= 0.6 is 15.9 Å². The van der Waals surface area contributed by atoms with Gasteiger partial charge in [-0.25, -0.2) is 0 Å². The van der Waals surface area contributed by atoms with E-state index in [2.05, 4.69) is 33.0 Å². The van der Waals surface area contributed by atoms with E-state index in [4.69, 9.17) is 0 Å². The van der Waals surface area contributed by atoms with E-state index in [-0.39, 0.29) is 18.2 Å². The fourth-order valence-electron chi connectivity index (χ4n) is 3.77. The van der Waals surface area contributed by atoms with Crippen molar-refractivity contribution in [2.45, 2.75) is 12.0 Å². The van der Waals surface area contributed by atoms with Crippen LogP contribution in [0.15, 0.2) is 51.7 Å². The van der Waals surface area contributed by atoms with Gasteiger partial charge >= 0.3 is 5.56 Å². The number of rotatable bonds is 3. The lowest BCUT2D eigenvalue weighted by Gasteiger charge is -2.38. The molecule has 1 aromatic heterocycles. The molecule has 2 N–H and O–H groups in total. The number of benzene rings is 1. The Hall–Kier alpha value is -3.31. The number of amides is 1. The fourth-order valence-corrected chi connectivity index (χ4v) is 4.30. The van der Waals surface area contributed by atoms with Gasteiger partial charge in [0.25, 0.3) is 11.9 Å². The van der Waals surface area contributed by atoms with Crippen LogP contribution in [0.25, 0.3) is 0 Å². The molecule has 1 aliphatic rings. The van der Waals surface area contributed by atoms with Crippen molar-refractivity contribution in [3.05, 3.63) is 86.2 Å². The van der Waals surface area contributed by atoms with Gasteiger partial charge < -0.3 is 15.1 Å². The Morgan fingerprint density at radius 2 is 1.97 bits per heavy atom. The predicted octanol–water partition coefficient (Wildman–Crippen LogP) is 2.48. The average molecular weight is 454 g/mol. The standard InChI is InChI=1S/C21H16BrN3O4/c1-24-11-15(25-17(20(24)28)18(26)19(27)23-21(25)29)16(12-7-3-2-4-8-12)13-9-5-6-10-14(13)22/h2-3,5-7,9-10,15-16,26H,11H2,1H3,(H,23,27,29). The normalized spacial score (nSPS) is 16.8. The molecule has 1 aliphatic heterocycles. The molecule has 146 valence electrons. The van der Waals surface area contributed by atoms with Crippen LogP contribution in [0.1, 0.15) is 33.6 Å². The highest BCUT2D eigenvalue weighted by Crippen LogP contribution is 2.42. The molecule has 4 rings (SSSR count). The molecular formula is C21H16BrN3O4. The van der Waals surface area contributed by atoms with Crippen LogP contribution in [0.5, 0.6) is 11.8 Å². The molecule has 0 saturated heterocycles. The third-order valence-electron chi connectivity index (χ3n) is 5.06. The quantitative estimate of drug-likeness (QED) is 0.634. The summed E-state index contributed by atoms with van der Waals surface area (Å²) >= 11 is 3.58. The van der Waals surface area contributed by atoms with Crippen LogP contribution in [0.2, 0.25) is 0 Å². The second kappa shape index (κ2) is 7.26. The largest absolute Gasteiger partial charge is 0.501 e. The lowest BCUT2D eigenvalue weighted by molar-refractivity contribution is 0.0688. The van der Waals surface area contributed by atoms with Gasteiger partial charge in [-0.1, -0.05) is 52.3 Å². The van der Waals surface area contributed by atoms with Crippen LogP contribution in [-0.2, 0) is 0 Å². The summed E-state index contributed by atoms with van der Waals surface area (Å²) in [5, 5.41) is 20.8. The minimum absolute atomic E-state index is 0.220. The second-order valence-electron chi connectivity index (χ2n) is 6.79. The first-order valence-electron chi connectivity index (χ1n) is 8.82. The van der Waals surface area contributed by atoms with Crippen molar-refractivity contribution in [2.75, 3.05) is 13.6 Å². The second-order valence-corrected chi connectivity index (χ2v) is 7.64. The highest BCUT2D eigenvalue weighted by Gasteiger charge is 2.40. The minimum atomic E-state index is -1.05. The number of fused-ring (bicyclic) bond motifs is 1. The molecule has 0 aliphatic carbocycles. The lowest BCUT2D eigenvalue weighted by Crippen LogP contribution is -2.44. The molecule has 0 saturated carbocycles. The first-order chi connectivity index (χ1) is 13.9. The van der Waals surface area contributed by atoms with Crippen LogP contribution in [0.3, 0.4) is 0 Å². The summed E-state index contributed by atoms with van der Waals surface area (Å²) in [5.74, 6) is -1.73. The maximum Gasteiger partial charge on any atom is 0.318 e. The number of aromatic hydroxyl groups is 2. The van der Waals surface area contributed by atoms with Gasteiger partial charge in [0, 0.05) is 29.5 Å². The zero-order valence-corrected chi connectivity index (χ0v) is 16.9. The molecule has 3 aromatic rings. The zero-order valence-electron chi connectivity index (χ0n) is 15.3. The van der Waals surface area contributed by atoms with Gasteiger partial charge in [-0.2, -0.15) is 4.98 Å². The first kappa shape index (κ1) is 19.0. The van der Waals surface area contributed by atoms with E-state index in [0.717, 1.165) is 15.6 Å². The van der Waals surface area contributed by atoms with Crippen molar-refractivity contribution in [1.29, 1.82) is 0 Å². The van der Waals surface area contributed by atoms with Gasteiger partial charge in [-0.05, 0) is 23.8 Å². The smallest absolute Gasteiger partial charge is 0.318 e. The highest BCUT2D eigenvalue weighted by atomic mass is 79.9. The monoisotopic (exact) mass is 453 g/mol. The molecule has 0 spiro atoms. The third-order valence-corrected chi connectivity index (χ3v) is 5.78. The highest BCUT2D eigenvalue weighted by molar-refractivity contribution is 9.10. The van der Waals surface area contributed by atoms with Crippen LogP contribution < -0.4 is 5.56 Å². The van der Waals surface area contributed by atoms with Crippen LogP contribution in [-0.4, -0.2) is 44.2 Å². The first-order valence-corrected chi connectivity index (χ1v) is 9.62. The molecule has 2 atom stereocenters. The fraction of sp³-hybridized carbons (Fsp3) is 0.190. The van der Waals surface area contributed by atoms with Crippen molar-refractivity contribution < 1.29 is 15.0 Å². The molecule has 7 nitrogen and oxygen atoms in total. The molecule has 2 heterocycles. The van der Waals surface area contributed by atoms with Crippen molar-refractivity contribution in [3.8, 4) is 11.8 Å². The van der Waals surface area contributed by atoms with Gasteiger partial charge in [0.05, 0.1) is 6.04 Å². The third kappa shape index (κ3) is 3.13. The number of halogens is 1. The number of aromatic nitrogens is 2. The Morgan fingerprint density at radius 3 is 2.66 bits per heavy atom. The van der Waals surface area contributed by atoms with E-state index in [1.54, 1.807) is 13.1 Å². The summed E-state index contributed by atoms with van der Waals surface area (Å²) in [4.78, 5) is 29.5. The zero-order chi connectivity index (χ0) is 20.7. The van der Waals surface area contributed by atoms with Gasteiger partial charge in [0.1, 0.15) is 0 Å². The summed E-state index contributed by atoms with van der Waals surface area (Å²) in [7, 11) is 1.58. The van der Waals surface area contributed by atoms with Gasteiger partial charge in [0.2, 0.25) is 5.75 Å². The molecule has 1 amide bonds. The summed E-state index contributed by atoms with van der Waals surface area (Å²) in [6, 6.07) is 17.9. The SMILES string of the molecule is CN1CC(C(c2c#cccc2)c2ccccc2Br)n2c(O)nc(=O)c(O)c2C1=O. The maximum atomic E-state index is 12.7. The van der Waals surface area contributed by atoms with E-state index in [9.17, 15) is 19.8 Å². The molecule has 29 heavy (non-hydrogen) atoms. The number of likely N-dealkylation sites (N-methyl/N-ethyl adjacent to an activating group) is 1. The Kier molecular flexibility index (Phi) is 4.76. The van der Waals surface area contributed by atoms with E-state index < -0.39 is 29.3 Å². The van der Waals surface area contributed by atoms with E-state index in [1.807, 2.05) is 36.4 Å². The van der Waals surface area contributed by atoms with E-state index >= 15 is 0 Å². The van der Waals surface area contributed by atoms with Gasteiger partial charge in [-0.3, -0.25) is 14.2 Å². The molecular weight excluding hydrogens is 438 g/mol. The number of hydrogen-bond donors (Lipinski definition) is 2. The van der Waals surface area contributed by atoms with Crippen molar-refractivity contribution in [3.63, 3.8) is 0 Å². The summed E-state index contributed by atoms with van der Waals surface area (Å²) in [5.41, 5.74) is 0.335. The van der Waals surface area contributed by atoms with Gasteiger partial charge in [0.15, 0.2) is 5.69 Å². The van der Waals surface area contributed by atoms with Crippen molar-refractivity contribution in [1.82, 2.24) is 14.5 Å². The minimum Gasteiger partial charge on any atom is -0.501 e. The van der Waals surface area contributed by atoms with Gasteiger partial charge in [-0.15, -0.1) is 0 Å². The summed E-state index contributed by atoms with van der Waals surface area (Å²) < 4.78 is 2.07. The lowest BCUT2D eigenvalue weighted by atomic mass is 9.84. The van der Waals surface area contributed by atoms with Crippen molar-refractivity contribution in [2.24, 2.45) is 0 Å². The summed E-state index contributed by atoms with van der Waals surface area (Å²) in [6.07, 6.45) is 0. The maximum absolute atomic E-state index is 12.7. The van der Waals surface area contributed by atoms with Crippen LogP contribution in [0.4, 0.5) is 0 Å². The van der Waals surface area contributed by atoms with Crippen molar-refractivity contribution >= 4 is 21.8 Å². The number of carbonyl (C=O) groups is 1. The molecule has 2 aromatic carbocycles. The topological polar surface area (TPSA) is 95.7 Å². The average Bonchev–Trinajstić information content (AvgIpc) is 2.71. The Morgan fingerprint density at radius 1 is 1.21 bits per heavy atom. The Balaban J connectivity index is 2.02. The summed E-state index contributed by atoms with van der Waals surface area (Å²) in [6.45, 7) is 0.220. The van der Waals surface area contributed by atoms with Crippen LogP contribution in [0, 0.1) is 12.1 Å². The Bertz CT molecular complexity index is 1150. The number of carbonyl (C=O) groups excluding carboxylic acids is 1.